The quantitative estimate of drug-likeness (QED) is 0.176. The maximum absolute atomic E-state index is 14.0. The molecule has 0 saturated carbocycles. The molecule has 1 aromatic carbocycles. The van der Waals surface area contributed by atoms with E-state index in [0.717, 1.165) is 6.20 Å². The van der Waals surface area contributed by atoms with E-state index >= 15 is 0 Å². The minimum atomic E-state index is -4.76. The third-order valence-corrected chi connectivity index (χ3v) is 5.31. The van der Waals surface area contributed by atoms with Crippen molar-refractivity contribution in [3.63, 3.8) is 0 Å². The fraction of sp³-hybridized carbons (Fsp3) is 0.182. The molecule has 14 heteroatoms. The van der Waals surface area contributed by atoms with Crippen molar-refractivity contribution in [2.75, 3.05) is 12.8 Å². The van der Waals surface area contributed by atoms with Gasteiger partial charge in [-0.05, 0) is 19.1 Å². The van der Waals surface area contributed by atoms with Gasteiger partial charge in [0, 0.05) is 18.0 Å². The largest absolute Gasteiger partial charge is 0.480 e. The van der Waals surface area contributed by atoms with Crippen molar-refractivity contribution in [2.24, 2.45) is 15.9 Å². The molecular formula is C22H19F4N9O. The van der Waals surface area contributed by atoms with Crippen molar-refractivity contribution in [2.45, 2.75) is 19.1 Å². The highest BCUT2D eigenvalue weighted by molar-refractivity contribution is 6.32. The lowest BCUT2D eigenvalue weighted by Gasteiger charge is -2.14. The number of anilines is 1. The molecule has 0 fully saturated rings. The van der Waals surface area contributed by atoms with E-state index in [2.05, 4.69) is 30.0 Å². The molecule has 0 amide bonds. The van der Waals surface area contributed by atoms with E-state index in [9.17, 15) is 17.6 Å². The lowest BCUT2D eigenvalue weighted by molar-refractivity contribution is -0.145. The number of nitrogens with two attached hydrogens (primary N) is 2. The summed E-state index contributed by atoms with van der Waals surface area (Å²) in [6.45, 7) is 1.72. The summed E-state index contributed by atoms with van der Waals surface area (Å²) < 4.78 is 60.1. The van der Waals surface area contributed by atoms with Gasteiger partial charge in [0.1, 0.15) is 29.3 Å². The Morgan fingerprint density at radius 2 is 1.92 bits per heavy atom. The first-order valence-corrected chi connectivity index (χ1v) is 10.3. The Hall–Kier alpha value is -4.62. The number of para-hydroxylation sites is 1. The highest BCUT2D eigenvalue weighted by Crippen LogP contribution is 2.39. The molecule has 36 heavy (non-hydrogen) atoms. The van der Waals surface area contributed by atoms with Crippen molar-refractivity contribution in [3.05, 3.63) is 54.6 Å². The molecule has 4 aromatic rings. The average molecular weight is 501 g/mol. The number of alkyl halides is 3. The molecule has 186 valence electrons. The molecular weight excluding hydrogens is 482 g/mol. The van der Waals surface area contributed by atoms with Gasteiger partial charge in [-0.1, -0.05) is 12.1 Å². The number of ether oxygens (including phenoxy) is 1. The van der Waals surface area contributed by atoms with Crippen LogP contribution in [0.5, 0.6) is 5.88 Å². The second-order valence-electron chi connectivity index (χ2n) is 7.46. The summed E-state index contributed by atoms with van der Waals surface area (Å²) in [6, 6.07) is 5.30. The van der Waals surface area contributed by atoms with E-state index < -0.39 is 23.9 Å². The van der Waals surface area contributed by atoms with Crippen molar-refractivity contribution >= 4 is 34.5 Å². The Labute approximate surface area is 201 Å². The number of aromatic nitrogens is 5. The molecule has 10 nitrogen and oxygen atoms in total. The molecule has 0 spiro atoms. The first-order valence-electron chi connectivity index (χ1n) is 10.3. The first kappa shape index (κ1) is 24.5. The smallest absolute Gasteiger partial charge is 0.451 e. The predicted molar refractivity (Wildman–Crippen MR) is 125 cm³/mol. The Morgan fingerprint density at radius 1 is 1.17 bits per heavy atom. The summed E-state index contributed by atoms with van der Waals surface area (Å²) in [4.78, 5) is 19.3. The standard InChI is InChI=1S/C22H19F4N9O/c1-11(16(34-28)8-29-15-6-4-3-5-14(15)23)35-9-13(17-18(27)31-10-32-19(17)35)12-7-30-21(22(24,25)26)33-20(12)36-2/h3-11H,28H2,1-2H3,(H2,27,31,32). The number of nitrogen functional groups attached to an aromatic ring is 1. The van der Waals surface area contributed by atoms with Gasteiger partial charge in [-0.15, -0.1) is 0 Å². The van der Waals surface area contributed by atoms with Crippen LogP contribution in [-0.4, -0.2) is 43.5 Å². The van der Waals surface area contributed by atoms with E-state index in [1.165, 1.54) is 37.9 Å². The first-order chi connectivity index (χ1) is 17.2. The zero-order chi connectivity index (χ0) is 26.0. The highest BCUT2D eigenvalue weighted by atomic mass is 19.4. The van der Waals surface area contributed by atoms with Crippen LogP contribution >= 0.6 is 0 Å². The fourth-order valence-corrected chi connectivity index (χ4v) is 3.53. The Balaban J connectivity index is 1.84. The topological polar surface area (TPSA) is 142 Å². The van der Waals surface area contributed by atoms with Gasteiger partial charge in [0.05, 0.1) is 36.0 Å². The summed E-state index contributed by atoms with van der Waals surface area (Å²) in [7, 11) is 1.19. The van der Waals surface area contributed by atoms with Crippen molar-refractivity contribution in [1.29, 1.82) is 0 Å². The summed E-state index contributed by atoms with van der Waals surface area (Å²) in [5, 5.41) is 4.09. The van der Waals surface area contributed by atoms with Gasteiger partial charge in [-0.2, -0.15) is 23.3 Å². The third-order valence-electron chi connectivity index (χ3n) is 5.31. The van der Waals surface area contributed by atoms with Gasteiger partial charge in [-0.25, -0.2) is 19.3 Å². The van der Waals surface area contributed by atoms with Crippen LogP contribution in [-0.2, 0) is 6.18 Å². The van der Waals surface area contributed by atoms with Gasteiger partial charge >= 0.3 is 6.18 Å². The molecule has 1 unspecified atom stereocenters. The van der Waals surface area contributed by atoms with E-state index in [4.69, 9.17) is 16.3 Å². The summed E-state index contributed by atoms with van der Waals surface area (Å²) in [5.74, 6) is 3.46. The van der Waals surface area contributed by atoms with Crippen molar-refractivity contribution in [3.8, 4) is 17.0 Å². The molecule has 0 aliphatic heterocycles. The Kier molecular flexibility index (Phi) is 6.51. The zero-order valence-electron chi connectivity index (χ0n) is 18.9. The number of benzene rings is 1. The van der Waals surface area contributed by atoms with E-state index in [1.807, 2.05) is 0 Å². The minimum absolute atomic E-state index is 0.0640. The maximum Gasteiger partial charge on any atom is 0.451 e. The van der Waals surface area contributed by atoms with E-state index in [-0.39, 0.29) is 28.7 Å². The molecule has 3 heterocycles. The van der Waals surface area contributed by atoms with E-state index in [0.29, 0.717) is 16.6 Å². The maximum atomic E-state index is 14.0. The van der Waals surface area contributed by atoms with Crippen LogP contribution in [0.2, 0.25) is 0 Å². The SMILES string of the molecule is COc1nc(C(F)(F)F)ncc1-c1cn(C(C)C(C=Nc2ccccc2F)=NN)c2ncnc(N)c12. The number of hydrogen-bond acceptors (Lipinski definition) is 9. The minimum Gasteiger partial charge on any atom is -0.480 e. The molecule has 0 bridgehead atoms. The fourth-order valence-electron chi connectivity index (χ4n) is 3.53. The van der Waals surface area contributed by atoms with Crippen LogP contribution in [0, 0.1) is 5.82 Å². The highest BCUT2D eigenvalue weighted by Gasteiger charge is 2.36. The van der Waals surface area contributed by atoms with Gasteiger partial charge in [-0.3, -0.25) is 4.99 Å². The van der Waals surface area contributed by atoms with Crippen LogP contribution in [0.15, 0.2) is 53.1 Å². The second-order valence-corrected chi connectivity index (χ2v) is 7.46. The normalized spacial score (nSPS) is 13.4. The lowest BCUT2D eigenvalue weighted by atomic mass is 10.1. The lowest BCUT2D eigenvalue weighted by Crippen LogP contribution is -2.19. The molecule has 4 rings (SSSR count). The Morgan fingerprint density at radius 3 is 2.58 bits per heavy atom. The van der Waals surface area contributed by atoms with Gasteiger partial charge in [0.15, 0.2) is 0 Å². The molecule has 0 radical (unpaired) electrons. The monoisotopic (exact) mass is 501 g/mol. The number of nitrogens with zero attached hydrogens (tertiary/aromatic N) is 7. The molecule has 4 N–H and O–H groups in total. The number of fused-ring (bicyclic) bond motifs is 1. The van der Waals surface area contributed by atoms with Crippen molar-refractivity contribution in [1.82, 2.24) is 24.5 Å². The van der Waals surface area contributed by atoms with Crippen LogP contribution < -0.4 is 16.3 Å². The number of halogens is 4. The summed E-state index contributed by atoms with van der Waals surface area (Å²) >= 11 is 0. The summed E-state index contributed by atoms with van der Waals surface area (Å²) in [6.07, 6.45) is 0.332. The summed E-state index contributed by atoms with van der Waals surface area (Å²) in [5.41, 5.74) is 7.22. The Bertz CT molecular complexity index is 1480. The van der Waals surface area contributed by atoms with Gasteiger partial charge < -0.3 is 20.9 Å². The molecule has 0 saturated heterocycles. The third kappa shape index (κ3) is 4.52. The van der Waals surface area contributed by atoms with Gasteiger partial charge in [0.2, 0.25) is 11.7 Å². The number of methoxy groups -OCH3 is 1. The van der Waals surface area contributed by atoms with Crippen LogP contribution in [0.1, 0.15) is 18.8 Å². The number of hydrazone groups is 1. The molecule has 1 atom stereocenters. The van der Waals surface area contributed by atoms with Gasteiger partial charge in [0.25, 0.3) is 0 Å². The molecule has 0 aliphatic rings. The van der Waals surface area contributed by atoms with Crippen molar-refractivity contribution < 1.29 is 22.3 Å². The number of hydrogen-bond donors (Lipinski definition) is 2. The predicted octanol–water partition coefficient (Wildman–Crippen LogP) is 3.92. The van der Waals surface area contributed by atoms with Crippen LogP contribution in [0.4, 0.5) is 29.1 Å². The van der Waals surface area contributed by atoms with E-state index in [1.54, 1.807) is 23.8 Å². The second kappa shape index (κ2) is 9.56. The number of aliphatic imine (C=N–C) groups is 1. The van der Waals surface area contributed by atoms with Crippen LogP contribution in [0.25, 0.3) is 22.2 Å². The number of rotatable bonds is 6. The zero-order valence-corrected chi connectivity index (χ0v) is 18.9. The van der Waals surface area contributed by atoms with Crippen LogP contribution in [0.3, 0.4) is 0 Å². The average Bonchev–Trinajstić information content (AvgIpc) is 3.25. The molecule has 0 aliphatic carbocycles. The molecule has 3 aromatic heterocycles.